The van der Waals surface area contributed by atoms with E-state index in [2.05, 4.69) is 84.7 Å². The van der Waals surface area contributed by atoms with Crippen molar-refractivity contribution in [3.8, 4) is 57.5 Å². The Bertz CT molecular complexity index is 5620. The molecule has 16 N–H and O–H groups in total. The number of methoxy groups -OCH3 is 4. The Morgan fingerprint density at radius 3 is 0.758 bits per heavy atom. The molecule has 0 fully saturated rings. The van der Waals surface area contributed by atoms with Crippen molar-refractivity contribution >= 4 is 185 Å². The highest BCUT2D eigenvalue weighted by molar-refractivity contribution is 14.1. The fourth-order valence-corrected chi connectivity index (χ4v) is 17.6. The zero-order valence-corrected chi connectivity index (χ0v) is 75.1. The van der Waals surface area contributed by atoms with Crippen molar-refractivity contribution in [1.29, 1.82) is 0 Å². The Hall–Kier alpha value is -8.84. The minimum atomic E-state index is -10.6. The Morgan fingerprint density at radius 1 is 0.290 bits per heavy atom. The maximum Gasteiger partial charge on any atom is 0.314 e. The zero-order valence-electron chi connectivity index (χ0n) is 66.6. The first kappa shape index (κ1) is 104. The lowest BCUT2D eigenvalue weighted by atomic mass is 9.95. The Morgan fingerprint density at radius 2 is 0.492 bits per heavy atom. The lowest BCUT2D eigenvalue weighted by molar-refractivity contribution is 0.325. The molecule has 5 heterocycles. The van der Waals surface area contributed by atoms with Gasteiger partial charge in [0.2, 0.25) is 0 Å². The molecule has 10 rings (SSSR count). The summed E-state index contributed by atoms with van der Waals surface area (Å²) in [6, 6.07) is 0. The van der Waals surface area contributed by atoms with Crippen LogP contribution in [0, 0.1) is 15.2 Å². The molecule has 0 atom stereocenters. The topological polar surface area (TPSA) is 417 Å². The third-order valence-corrected chi connectivity index (χ3v) is 24.1. The van der Waals surface area contributed by atoms with Gasteiger partial charge in [0.1, 0.15) is 79.8 Å². The number of hydrogen-bond donors (Lipinski definition) is 11. The number of nitrogens with zero attached hydrogens (tertiary/aromatic N) is 10. The maximum absolute atomic E-state index is 14.3. The van der Waals surface area contributed by atoms with Gasteiger partial charge < -0.3 is 78.3 Å². The summed E-state index contributed by atoms with van der Waals surface area (Å²) < 4.78 is 384. The average molecular weight is 2130 g/mol. The monoisotopic (exact) mass is 2130 g/mol. The predicted molar refractivity (Wildman–Crippen MR) is 432 cm³/mol. The number of aromatic hydroxyl groups is 6. The predicted octanol–water partition coefficient (Wildman–Crippen LogP) is 26.4. The molecule has 0 aliphatic heterocycles. The molecule has 5 aromatic carbocycles. The van der Waals surface area contributed by atoms with Crippen LogP contribution in [0.1, 0.15) is 133 Å². The number of phenolic OH excluding ortho intramolecular Hbond substituents is 6. The van der Waals surface area contributed by atoms with E-state index in [0.29, 0.717) is 14.2 Å². The van der Waals surface area contributed by atoms with Crippen LogP contribution in [0.25, 0.3) is 54.5 Å². The number of rotatable bonds is 9. The molecule has 0 aliphatic carbocycles. The molecule has 0 amide bonds. The minimum absolute atomic E-state index is 0.0240. The van der Waals surface area contributed by atoms with E-state index < -0.39 is 260 Å². The quantitative estimate of drug-likeness (QED) is 0.0363. The van der Waals surface area contributed by atoms with Crippen LogP contribution in [-0.2, 0) is 27.1 Å². The van der Waals surface area contributed by atoms with Gasteiger partial charge in [-0.2, -0.15) is 0 Å². The third-order valence-electron chi connectivity index (χ3n) is 16.1. The summed E-state index contributed by atoms with van der Waals surface area (Å²) in [7, 11) is -49.2. The Labute approximate surface area is 709 Å². The van der Waals surface area contributed by atoms with Gasteiger partial charge in [0.25, 0.3) is 0 Å². The molecule has 0 radical (unpaired) electrons. The molecule has 0 aliphatic rings. The first-order valence-electron chi connectivity index (χ1n) is 33.0. The van der Waals surface area contributed by atoms with E-state index in [1.54, 1.807) is 83.1 Å². The second-order valence-corrected chi connectivity index (χ2v) is 45.8. The number of benzene rings is 5. The number of fused-ring (bicyclic) bond motifs is 5. The smallest absolute Gasteiger partial charge is 0.314 e. The number of anilines is 5. The minimum Gasteiger partial charge on any atom is -0.503 e. The largest absolute Gasteiger partial charge is 0.503 e. The molecule has 704 valence electrons. The van der Waals surface area contributed by atoms with Crippen molar-refractivity contribution in [3.63, 3.8) is 0 Å². The summed E-state index contributed by atoms with van der Waals surface area (Å²) in [6.45, 7) is 24.2. The number of nitrogens with two attached hydrogens (primary N) is 5. The van der Waals surface area contributed by atoms with E-state index >= 15 is 0 Å². The summed E-state index contributed by atoms with van der Waals surface area (Å²) in [6.07, 6.45) is 0. The molecule has 0 bridgehead atoms. The highest BCUT2D eigenvalue weighted by Gasteiger charge is 2.73. The van der Waals surface area contributed by atoms with Crippen LogP contribution in [0.5, 0.6) is 57.5 Å². The van der Waals surface area contributed by atoms with Gasteiger partial charge in [0, 0.05) is 27.1 Å². The number of aromatic nitrogens is 10. The first-order chi connectivity index (χ1) is 53.9. The number of phenols is 6. The first-order valence-corrected chi connectivity index (χ1v) is 45.0. The average Bonchev–Trinajstić information content (AvgIpc) is 0.708. The number of nitrogen functional groups attached to an aromatic ring is 5. The molecule has 10 aromatic rings. The highest BCUT2D eigenvalue weighted by Crippen LogP contribution is 3.08. The summed E-state index contributed by atoms with van der Waals surface area (Å²) in [5.74, 6) is -24.2. The summed E-state index contributed by atoms with van der Waals surface area (Å²) >= 11 is 10.2. The van der Waals surface area contributed by atoms with Crippen LogP contribution in [-0.4, -0.2) is 109 Å². The molecular weight excluding hydrogens is 2050 g/mol. The van der Waals surface area contributed by atoms with Crippen molar-refractivity contribution in [3.05, 3.63) is 53.8 Å². The molecule has 0 saturated heterocycles. The lowest BCUT2D eigenvalue weighted by Gasteiger charge is -2.42. The molecule has 60 heteroatoms. The SMILES string of the molecule is CC(C)(C)c1nc(N)c2c(S(F)(F)(F)(F)F)c(O)c(O)c(F)c2n1.COc1c(O)c(Br)c2nc(C(C)(C)C)nc(N)c2c1S(F)(F)(F)(F)F.COc1c(O)c(Cl)c2nc(C(C)(C)C)nc(N)c2c1S(F)(F)(F)(F)F.COc1c(O)c(F)c2nc(C(C)(C)C)nc(N)c2c1S(F)(F)(F)(F)F.COc1c(O)c(I)c2nc(C(C)(C)C)nc(N)c2c1S(F)(F)(F)(F)F. The van der Waals surface area contributed by atoms with Gasteiger partial charge >= 0.3 is 51.1 Å². The number of hydrogen-bond acceptors (Lipinski definition) is 25. The number of halogens is 30. The van der Waals surface area contributed by atoms with Crippen molar-refractivity contribution in [2.75, 3.05) is 57.1 Å². The van der Waals surface area contributed by atoms with Crippen molar-refractivity contribution in [2.45, 2.75) is 155 Å². The molecule has 124 heavy (non-hydrogen) atoms. The molecule has 0 saturated carbocycles. The van der Waals surface area contributed by atoms with Crippen LogP contribution in [0.3, 0.4) is 0 Å². The van der Waals surface area contributed by atoms with Gasteiger partial charge in [-0.1, -0.05) is 213 Å². The van der Waals surface area contributed by atoms with Gasteiger partial charge in [-0.3, -0.25) is 0 Å². The molecule has 0 unspecified atom stereocenters. The Balaban J connectivity index is 0.000000240. The van der Waals surface area contributed by atoms with E-state index in [-0.39, 0.29) is 37.2 Å². The second kappa shape index (κ2) is 27.6. The number of ether oxygens (including phenoxy) is 4. The second-order valence-electron chi connectivity index (χ2n) is 31.8. The van der Waals surface area contributed by atoms with E-state index in [0.717, 1.165) is 14.2 Å². The fraction of sp³-hybridized carbons (Fsp3) is 0.375. The van der Waals surface area contributed by atoms with Crippen LogP contribution >= 0.6 is 101 Å². The van der Waals surface area contributed by atoms with E-state index in [4.69, 9.17) is 40.3 Å². The highest BCUT2D eigenvalue weighted by atomic mass is 127. The summed E-state index contributed by atoms with van der Waals surface area (Å²) in [5, 5.41) is 50.9. The van der Waals surface area contributed by atoms with Crippen molar-refractivity contribution in [1.82, 2.24) is 49.8 Å². The lowest BCUT2D eigenvalue weighted by Crippen LogP contribution is -2.19. The van der Waals surface area contributed by atoms with Crippen LogP contribution in [0.15, 0.2) is 29.0 Å². The maximum atomic E-state index is 14.3. The third kappa shape index (κ3) is 21.2. The van der Waals surface area contributed by atoms with Gasteiger partial charge in [-0.25, -0.2) is 58.6 Å². The molecular formula is C64H73BrClF27IN15O10S5. The standard InChI is InChI=1S/C13H15BrF5N3O2S.C13H15ClF5N3O2S.C13H15F6N3O2S.C13H15F5IN3O2S.C12H13F6N3O2S/c3*1-13(2,3)12-21-7-5(11(20)22-12)10(25(15,16,17,18)19)9(24-4)8(23)6(7)14;1-13(2,3)12-21-7-5(11(20)22-12)10(25(14,15,16,17)18)9(24-4)8(23)6(7)19;1-12(2,3)11-20-6-4(10(19)21-11)9(24(14,15,16,17)18)8(23)7(22)5(6)13/h4*23H,1-4H3,(H2,20,21,22);22-23H,1-3H3,(H2,19,20,21). The fourth-order valence-electron chi connectivity index (χ4n) is 10.8. The molecule has 0 spiro atoms. The summed E-state index contributed by atoms with van der Waals surface area (Å²) in [4.78, 5) is 24.2. The normalized spacial score (nSPS) is 15.8. The van der Waals surface area contributed by atoms with Gasteiger partial charge in [-0.05, 0) is 38.5 Å². The van der Waals surface area contributed by atoms with E-state index in [1.165, 1.54) is 43.4 Å². The van der Waals surface area contributed by atoms with Crippen molar-refractivity contribution < 1.29 is 156 Å². The molecule has 25 nitrogen and oxygen atoms in total. The summed E-state index contributed by atoms with van der Waals surface area (Å²) in [5.41, 5.74) is 19.3. The van der Waals surface area contributed by atoms with Crippen molar-refractivity contribution in [2.24, 2.45) is 0 Å². The van der Waals surface area contributed by atoms with Gasteiger partial charge in [-0.15, -0.1) is 0 Å². The zero-order chi connectivity index (χ0) is 97.5. The Kier molecular flexibility index (Phi) is 23.1. The van der Waals surface area contributed by atoms with Gasteiger partial charge in [0.15, 0.2) is 93.6 Å². The van der Waals surface area contributed by atoms with Gasteiger partial charge in [0.05, 0.1) is 74.4 Å². The van der Waals surface area contributed by atoms with E-state index in [1.807, 2.05) is 0 Å². The van der Waals surface area contributed by atoms with E-state index in [9.17, 15) is 137 Å². The van der Waals surface area contributed by atoms with Crippen LogP contribution in [0.4, 0.5) is 135 Å². The van der Waals surface area contributed by atoms with Crippen LogP contribution in [0.2, 0.25) is 5.02 Å². The van der Waals surface area contributed by atoms with Crippen LogP contribution < -0.4 is 47.6 Å². The molecule has 5 aromatic heterocycles.